The molecule has 1 N–H and O–H groups in total. The fourth-order valence-corrected chi connectivity index (χ4v) is 3.59. The van der Waals surface area contributed by atoms with E-state index in [-0.39, 0.29) is 18.4 Å². The summed E-state index contributed by atoms with van der Waals surface area (Å²) in [5.74, 6) is -0.203. The number of hydrogen-bond acceptors (Lipinski definition) is 4. The molecule has 0 radical (unpaired) electrons. The van der Waals surface area contributed by atoms with Crippen LogP contribution < -0.4 is 15.1 Å². The molecule has 2 aliphatic heterocycles. The topological polar surface area (TPSA) is 61.9 Å². The van der Waals surface area contributed by atoms with Gasteiger partial charge in [0.1, 0.15) is 6.54 Å². The number of nitrogens with zero attached hydrogens (tertiary/aromatic N) is 2. The van der Waals surface area contributed by atoms with Crippen molar-refractivity contribution in [2.24, 2.45) is 0 Å². The Morgan fingerprint density at radius 1 is 1.00 bits per heavy atom. The van der Waals surface area contributed by atoms with Crippen LogP contribution in [-0.4, -0.2) is 44.7 Å². The van der Waals surface area contributed by atoms with E-state index in [1.165, 1.54) is 0 Å². The van der Waals surface area contributed by atoms with Gasteiger partial charge in [0.2, 0.25) is 11.8 Å². The average Bonchev–Trinajstić information content (AvgIpc) is 2.71. The molecule has 27 heavy (non-hydrogen) atoms. The summed E-state index contributed by atoms with van der Waals surface area (Å²) in [5.41, 5.74) is 3.80. The highest BCUT2D eigenvalue weighted by Crippen LogP contribution is 2.27. The van der Waals surface area contributed by atoms with Gasteiger partial charge in [-0.1, -0.05) is 18.2 Å². The summed E-state index contributed by atoms with van der Waals surface area (Å²) < 4.78 is 5.37. The lowest BCUT2D eigenvalue weighted by Gasteiger charge is -2.29. The predicted octanol–water partition coefficient (Wildman–Crippen LogP) is 2.44. The lowest BCUT2D eigenvalue weighted by atomic mass is 10.0. The summed E-state index contributed by atoms with van der Waals surface area (Å²) in [6.45, 7) is 3.26. The van der Waals surface area contributed by atoms with Crippen LogP contribution in [0.15, 0.2) is 48.5 Å². The number of carbonyl (C=O) groups is 2. The summed E-state index contributed by atoms with van der Waals surface area (Å²) in [5, 5.41) is 2.89. The minimum absolute atomic E-state index is 0.00786. The molecule has 0 unspecified atom stereocenters. The van der Waals surface area contributed by atoms with E-state index in [2.05, 4.69) is 10.2 Å². The number of para-hydroxylation sites is 1. The van der Waals surface area contributed by atoms with Gasteiger partial charge in [-0.05, 0) is 42.3 Å². The van der Waals surface area contributed by atoms with E-state index in [9.17, 15) is 9.59 Å². The molecule has 2 heterocycles. The highest BCUT2D eigenvalue weighted by atomic mass is 16.5. The molecule has 6 nitrogen and oxygen atoms in total. The van der Waals surface area contributed by atoms with Crippen molar-refractivity contribution in [1.29, 1.82) is 0 Å². The van der Waals surface area contributed by atoms with Crippen LogP contribution in [0, 0.1) is 0 Å². The number of benzene rings is 2. The molecule has 1 saturated heterocycles. The monoisotopic (exact) mass is 365 g/mol. The van der Waals surface area contributed by atoms with E-state index < -0.39 is 0 Å². The molecule has 2 amide bonds. The van der Waals surface area contributed by atoms with Crippen molar-refractivity contribution in [3.8, 4) is 0 Å². The van der Waals surface area contributed by atoms with Crippen molar-refractivity contribution in [2.45, 2.75) is 12.8 Å². The number of amides is 2. The van der Waals surface area contributed by atoms with Crippen molar-refractivity contribution in [2.75, 3.05) is 48.0 Å². The molecule has 0 saturated carbocycles. The summed E-state index contributed by atoms with van der Waals surface area (Å²) in [7, 11) is 0. The molecule has 2 aliphatic rings. The molecule has 0 atom stereocenters. The van der Waals surface area contributed by atoms with Gasteiger partial charge in [-0.15, -0.1) is 0 Å². The van der Waals surface area contributed by atoms with Crippen molar-refractivity contribution in [3.05, 3.63) is 54.1 Å². The summed E-state index contributed by atoms with van der Waals surface area (Å²) in [6.07, 6.45) is 1.18. The van der Waals surface area contributed by atoms with Crippen LogP contribution in [0.4, 0.5) is 17.1 Å². The Balaban J connectivity index is 1.40. The van der Waals surface area contributed by atoms with Gasteiger partial charge < -0.3 is 19.9 Å². The number of fused-ring (bicyclic) bond motifs is 1. The van der Waals surface area contributed by atoms with Crippen LogP contribution in [0.2, 0.25) is 0 Å². The molecule has 2 aromatic carbocycles. The lowest BCUT2D eigenvalue weighted by molar-refractivity contribution is -0.121. The van der Waals surface area contributed by atoms with Gasteiger partial charge in [0.05, 0.1) is 13.2 Å². The van der Waals surface area contributed by atoms with Crippen molar-refractivity contribution >= 4 is 28.9 Å². The zero-order valence-electron chi connectivity index (χ0n) is 15.2. The van der Waals surface area contributed by atoms with Gasteiger partial charge in [0, 0.05) is 36.6 Å². The number of nitrogens with one attached hydrogen (secondary N) is 1. The first-order valence-corrected chi connectivity index (χ1v) is 9.31. The molecule has 0 bridgehead atoms. The van der Waals surface area contributed by atoms with Gasteiger partial charge in [0.15, 0.2) is 0 Å². The first-order valence-electron chi connectivity index (χ1n) is 9.31. The fraction of sp³-hybridized carbons (Fsp3) is 0.333. The van der Waals surface area contributed by atoms with Gasteiger partial charge in [-0.25, -0.2) is 0 Å². The van der Waals surface area contributed by atoms with Gasteiger partial charge in [-0.2, -0.15) is 0 Å². The Hall–Kier alpha value is -2.86. The number of carbonyl (C=O) groups excluding carboxylic acids is 2. The zero-order chi connectivity index (χ0) is 18.6. The summed E-state index contributed by atoms with van der Waals surface area (Å²) in [6, 6.07) is 15.6. The largest absolute Gasteiger partial charge is 0.378 e. The van der Waals surface area contributed by atoms with Crippen LogP contribution in [0.25, 0.3) is 0 Å². The maximum Gasteiger partial charge on any atom is 0.244 e. The van der Waals surface area contributed by atoms with Gasteiger partial charge in [0.25, 0.3) is 0 Å². The molecule has 0 spiro atoms. The minimum Gasteiger partial charge on any atom is -0.378 e. The standard InChI is InChI=1S/C21H23N3O3/c25-20(15-24-19-4-2-1-3-16(19)5-10-21(24)26)22-17-6-8-18(9-7-17)23-11-13-27-14-12-23/h1-4,6-9H,5,10-15H2,(H,22,25). The first kappa shape index (κ1) is 17.5. The lowest BCUT2D eigenvalue weighted by Crippen LogP contribution is -2.40. The van der Waals surface area contributed by atoms with Crippen molar-refractivity contribution in [1.82, 2.24) is 0 Å². The van der Waals surface area contributed by atoms with Crippen LogP contribution in [0.1, 0.15) is 12.0 Å². The normalized spacial score (nSPS) is 16.8. The number of hydrogen-bond donors (Lipinski definition) is 1. The molecular weight excluding hydrogens is 342 g/mol. The molecule has 6 heteroatoms. The molecular formula is C21H23N3O3. The maximum atomic E-state index is 12.5. The third-order valence-electron chi connectivity index (χ3n) is 5.02. The Kier molecular flexibility index (Phi) is 5.07. The Morgan fingerprint density at radius 3 is 2.52 bits per heavy atom. The number of aryl methyl sites for hydroxylation is 1. The first-order chi connectivity index (χ1) is 13.2. The molecule has 0 aliphatic carbocycles. The van der Waals surface area contributed by atoms with E-state index in [0.29, 0.717) is 6.42 Å². The van der Waals surface area contributed by atoms with Crippen LogP contribution in [-0.2, 0) is 20.7 Å². The predicted molar refractivity (Wildman–Crippen MR) is 105 cm³/mol. The van der Waals surface area contributed by atoms with E-state index in [4.69, 9.17) is 4.74 Å². The highest BCUT2D eigenvalue weighted by molar-refractivity contribution is 6.04. The van der Waals surface area contributed by atoms with E-state index in [1.54, 1.807) is 4.90 Å². The third-order valence-corrected chi connectivity index (χ3v) is 5.02. The Morgan fingerprint density at radius 2 is 1.74 bits per heavy atom. The molecule has 140 valence electrons. The number of anilines is 3. The Labute approximate surface area is 158 Å². The number of rotatable bonds is 4. The second-order valence-corrected chi connectivity index (χ2v) is 6.80. The second kappa shape index (κ2) is 7.80. The smallest absolute Gasteiger partial charge is 0.244 e. The maximum absolute atomic E-state index is 12.5. The third kappa shape index (κ3) is 3.95. The second-order valence-electron chi connectivity index (χ2n) is 6.80. The molecule has 4 rings (SSSR count). The quantitative estimate of drug-likeness (QED) is 0.904. The van der Waals surface area contributed by atoms with E-state index in [1.807, 2.05) is 48.5 Å². The molecule has 2 aromatic rings. The highest BCUT2D eigenvalue weighted by Gasteiger charge is 2.25. The summed E-state index contributed by atoms with van der Waals surface area (Å²) >= 11 is 0. The van der Waals surface area contributed by atoms with Crippen molar-refractivity contribution < 1.29 is 14.3 Å². The van der Waals surface area contributed by atoms with E-state index >= 15 is 0 Å². The molecule has 1 fully saturated rings. The number of morpholine rings is 1. The fourth-order valence-electron chi connectivity index (χ4n) is 3.59. The molecule has 0 aromatic heterocycles. The number of ether oxygens (including phenoxy) is 1. The van der Waals surface area contributed by atoms with Crippen LogP contribution in [0.3, 0.4) is 0 Å². The Bertz CT molecular complexity index is 829. The average molecular weight is 365 g/mol. The van der Waals surface area contributed by atoms with Crippen molar-refractivity contribution in [3.63, 3.8) is 0 Å². The minimum atomic E-state index is -0.195. The van der Waals surface area contributed by atoms with Gasteiger partial charge in [-0.3, -0.25) is 9.59 Å². The van der Waals surface area contributed by atoms with Gasteiger partial charge >= 0.3 is 0 Å². The van der Waals surface area contributed by atoms with Crippen LogP contribution >= 0.6 is 0 Å². The zero-order valence-corrected chi connectivity index (χ0v) is 15.2. The van der Waals surface area contributed by atoms with Crippen LogP contribution in [0.5, 0.6) is 0 Å². The van der Waals surface area contributed by atoms with E-state index in [0.717, 1.165) is 55.3 Å². The SMILES string of the molecule is O=C(CN1C(=O)CCc2ccccc21)Nc1ccc(N2CCOCC2)cc1. The summed E-state index contributed by atoms with van der Waals surface area (Å²) in [4.78, 5) is 28.6.